The highest BCUT2D eigenvalue weighted by atomic mass is 16.3. The molecule has 0 saturated carbocycles. The first-order valence-corrected chi connectivity index (χ1v) is 5.74. The van der Waals surface area contributed by atoms with Gasteiger partial charge < -0.3 is 10.2 Å². The van der Waals surface area contributed by atoms with E-state index >= 15 is 0 Å². The Morgan fingerprint density at radius 3 is 2.41 bits per heavy atom. The van der Waals surface area contributed by atoms with E-state index in [4.69, 9.17) is 10.2 Å². The number of aliphatic hydroxyl groups is 2. The molecule has 1 aromatic rings. The predicted molar refractivity (Wildman–Crippen MR) is 68.4 cm³/mol. The summed E-state index contributed by atoms with van der Waals surface area (Å²) in [5, 5.41) is 17.4. The Bertz CT molecular complexity index is 375. The molecule has 0 bridgehead atoms. The van der Waals surface area contributed by atoms with Gasteiger partial charge in [0.15, 0.2) is 0 Å². The quantitative estimate of drug-likeness (QED) is 0.741. The molecule has 3 heteroatoms. The fraction of sp³-hybridized carbons (Fsp3) is 0.429. The SMILES string of the molecule is CN(CCO)Cc1ccc(C#CCCO)cc1. The maximum atomic E-state index is 8.80. The molecule has 1 rings (SSSR count). The number of likely N-dealkylation sites (N-methyl/N-ethyl adjacent to an activating group) is 1. The van der Waals surface area contributed by atoms with Crippen LogP contribution in [0.25, 0.3) is 0 Å². The molecule has 0 aliphatic heterocycles. The van der Waals surface area contributed by atoms with E-state index in [0.717, 1.165) is 12.1 Å². The van der Waals surface area contributed by atoms with Crippen LogP contribution < -0.4 is 0 Å². The molecule has 17 heavy (non-hydrogen) atoms. The zero-order chi connectivity index (χ0) is 12.5. The van der Waals surface area contributed by atoms with Crippen molar-refractivity contribution in [1.29, 1.82) is 0 Å². The average molecular weight is 233 g/mol. The number of hydrogen-bond acceptors (Lipinski definition) is 3. The first kappa shape index (κ1) is 13.7. The van der Waals surface area contributed by atoms with Gasteiger partial charge in [-0.05, 0) is 24.7 Å². The second-order valence-electron chi connectivity index (χ2n) is 3.93. The number of aliphatic hydroxyl groups excluding tert-OH is 2. The van der Waals surface area contributed by atoms with Gasteiger partial charge in [0.1, 0.15) is 0 Å². The summed E-state index contributed by atoms with van der Waals surface area (Å²) >= 11 is 0. The Labute approximate surface area is 103 Å². The molecule has 0 saturated heterocycles. The second-order valence-corrected chi connectivity index (χ2v) is 3.93. The van der Waals surface area contributed by atoms with Crippen LogP contribution in [0.5, 0.6) is 0 Å². The van der Waals surface area contributed by atoms with E-state index in [9.17, 15) is 0 Å². The van der Waals surface area contributed by atoms with Gasteiger partial charge in [-0.25, -0.2) is 0 Å². The smallest absolute Gasteiger partial charge is 0.0558 e. The highest BCUT2D eigenvalue weighted by Gasteiger charge is 1.98. The lowest BCUT2D eigenvalue weighted by Crippen LogP contribution is -2.21. The van der Waals surface area contributed by atoms with Crippen molar-refractivity contribution in [2.24, 2.45) is 0 Å². The molecule has 0 aliphatic carbocycles. The summed E-state index contributed by atoms with van der Waals surface area (Å²) < 4.78 is 0. The lowest BCUT2D eigenvalue weighted by atomic mass is 10.1. The Morgan fingerprint density at radius 1 is 1.12 bits per heavy atom. The van der Waals surface area contributed by atoms with Crippen molar-refractivity contribution in [1.82, 2.24) is 4.90 Å². The molecule has 3 nitrogen and oxygen atoms in total. The van der Waals surface area contributed by atoms with Gasteiger partial charge in [-0.2, -0.15) is 0 Å². The topological polar surface area (TPSA) is 43.7 Å². The van der Waals surface area contributed by atoms with Crippen molar-refractivity contribution in [2.45, 2.75) is 13.0 Å². The van der Waals surface area contributed by atoms with E-state index in [0.29, 0.717) is 13.0 Å². The largest absolute Gasteiger partial charge is 0.395 e. The third-order valence-corrected chi connectivity index (χ3v) is 2.36. The molecule has 2 N–H and O–H groups in total. The van der Waals surface area contributed by atoms with E-state index in [2.05, 4.69) is 16.7 Å². The summed E-state index contributed by atoms with van der Waals surface area (Å²) in [6, 6.07) is 8.03. The molecule has 0 atom stereocenters. The molecule has 0 heterocycles. The third kappa shape index (κ3) is 5.50. The Morgan fingerprint density at radius 2 is 1.82 bits per heavy atom. The van der Waals surface area contributed by atoms with Crippen LogP contribution in [-0.4, -0.2) is 41.9 Å². The molecule has 0 unspecified atom stereocenters. The van der Waals surface area contributed by atoms with Crippen molar-refractivity contribution in [3.05, 3.63) is 35.4 Å². The standard InChI is InChI=1S/C14H19NO2/c1-15(9-11-17)12-14-7-5-13(6-8-14)4-2-3-10-16/h5-8,16-17H,3,9-12H2,1H3. The van der Waals surface area contributed by atoms with Crippen LogP contribution in [0.1, 0.15) is 17.5 Å². The summed E-state index contributed by atoms with van der Waals surface area (Å²) in [6.07, 6.45) is 0.515. The van der Waals surface area contributed by atoms with Crippen molar-refractivity contribution < 1.29 is 10.2 Å². The van der Waals surface area contributed by atoms with Crippen LogP contribution in [0, 0.1) is 11.8 Å². The van der Waals surface area contributed by atoms with Crippen LogP contribution in [0.2, 0.25) is 0 Å². The molecule has 1 aromatic carbocycles. The summed E-state index contributed by atoms with van der Waals surface area (Å²) in [5.41, 5.74) is 2.17. The molecule has 0 amide bonds. The van der Waals surface area contributed by atoms with E-state index in [1.165, 1.54) is 5.56 Å². The Kier molecular flexibility index (Phi) is 6.34. The highest BCUT2D eigenvalue weighted by molar-refractivity contribution is 5.36. The monoisotopic (exact) mass is 233 g/mol. The zero-order valence-corrected chi connectivity index (χ0v) is 10.2. The molecule has 0 fully saturated rings. The van der Waals surface area contributed by atoms with Gasteiger partial charge in [-0.15, -0.1) is 0 Å². The van der Waals surface area contributed by atoms with Gasteiger partial charge in [-0.1, -0.05) is 24.0 Å². The molecular weight excluding hydrogens is 214 g/mol. The Balaban J connectivity index is 2.53. The summed E-state index contributed by atoms with van der Waals surface area (Å²) in [5.74, 6) is 5.88. The van der Waals surface area contributed by atoms with Crippen LogP contribution in [0.4, 0.5) is 0 Å². The number of benzene rings is 1. The molecule has 0 aromatic heterocycles. The van der Waals surface area contributed by atoms with Gasteiger partial charge in [0.05, 0.1) is 13.2 Å². The minimum absolute atomic E-state index is 0.108. The summed E-state index contributed by atoms with van der Waals surface area (Å²) in [7, 11) is 1.98. The normalized spacial score (nSPS) is 10.1. The van der Waals surface area contributed by atoms with Crippen LogP contribution in [0.15, 0.2) is 24.3 Å². The fourth-order valence-electron chi connectivity index (χ4n) is 1.48. The predicted octanol–water partition coefficient (Wildman–Crippen LogP) is 0.845. The van der Waals surface area contributed by atoms with Crippen molar-refractivity contribution in [3.8, 4) is 11.8 Å². The lowest BCUT2D eigenvalue weighted by molar-refractivity contribution is 0.217. The van der Waals surface area contributed by atoms with Crippen molar-refractivity contribution in [3.63, 3.8) is 0 Å². The fourth-order valence-corrected chi connectivity index (χ4v) is 1.48. The van der Waals surface area contributed by atoms with Crippen molar-refractivity contribution >= 4 is 0 Å². The first-order chi connectivity index (χ1) is 8.26. The Hall–Kier alpha value is -1.34. The third-order valence-electron chi connectivity index (χ3n) is 2.36. The van der Waals surface area contributed by atoms with Crippen LogP contribution in [-0.2, 0) is 6.54 Å². The van der Waals surface area contributed by atoms with Gasteiger partial charge in [-0.3, -0.25) is 4.90 Å². The van der Waals surface area contributed by atoms with Crippen LogP contribution >= 0.6 is 0 Å². The van der Waals surface area contributed by atoms with Crippen molar-refractivity contribution in [2.75, 3.05) is 26.8 Å². The molecule has 92 valence electrons. The van der Waals surface area contributed by atoms with Gasteiger partial charge in [0, 0.05) is 25.1 Å². The summed E-state index contributed by atoms with van der Waals surface area (Å²) in [6.45, 7) is 1.79. The van der Waals surface area contributed by atoms with Crippen LogP contribution in [0.3, 0.4) is 0 Å². The minimum atomic E-state index is 0.108. The van der Waals surface area contributed by atoms with E-state index in [-0.39, 0.29) is 13.2 Å². The molecular formula is C14H19NO2. The minimum Gasteiger partial charge on any atom is -0.395 e. The second kappa shape index (κ2) is 7.86. The average Bonchev–Trinajstić information content (AvgIpc) is 2.32. The molecule has 0 aliphatic rings. The van der Waals surface area contributed by atoms with Gasteiger partial charge in [0.2, 0.25) is 0 Å². The first-order valence-electron chi connectivity index (χ1n) is 5.74. The maximum Gasteiger partial charge on any atom is 0.0558 e. The van der Waals surface area contributed by atoms with Gasteiger partial charge in [0.25, 0.3) is 0 Å². The highest BCUT2D eigenvalue weighted by Crippen LogP contribution is 2.05. The molecule has 0 radical (unpaired) electrons. The summed E-state index contributed by atoms with van der Waals surface area (Å²) in [4.78, 5) is 2.06. The maximum absolute atomic E-state index is 8.80. The lowest BCUT2D eigenvalue weighted by Gasteiger charge is -2.14. The van der Waals surface area contributed by atoms with E-state index in [1.807, 2.05) is 31.3 Å². The van der Waals surface area contributed by atoms with E-state index in [1.54, 1.807) is 0 Å². The zero-order valence-electron chi connectivity index (χ0n) is 10.2. The van der Waals surface area contributed by atoms with Gasteiger partial charge >= 0.3 is 0 Å². The number of nitrogens with zero attached hydrogens (tertiary/aromatic N) is 1. The van der Waals surface area contributed by atoms with E-state index < -0.39 is 0 Å². The number of hydrogen-bond donors (Lipinski definition) is 2. The molecule has 0 spiro atoms. The number of rotatable bonds is 5.